The molecule has 0 unspecified atom stereocenters. The molecule has 2 aromatic carbocycles. The molecule has 0 saturated heterocycles. The minimum Gasteiger partial charge on any atom is -0.0670 e. The number of hydrogen-bond acceptors (Lipinski definition) is 0. The van der Waals surface area contributed by atoms with E-state index in [0.29, 0.717) is 0 Å². The van der Waals surface area contributed by atoms with Crippen molar-refractivity contribution in [3.05, 3.63) is 52.0 Å². The van der Waals surface area contributed by atoms with Crippen LogP contribution in [-0.2, 0) is 5.41 Å². The Morgan fingerprint density at radius 2 is 1.13 bits per heavy atom. The van der Waals surface area contributed by atoms with Gasteiger partial charge in [0.1, 0.15) is 0 Å². The fourth-order valence-electron chi connectivity index (χ4n) is 5.55. The van der Waals surface area contributed by atoms with Crippen LogP contribution in [-0.4, -0.2) is 10.2 Å². The lowest BCUT2D eigenvalue weighted by atomic mass is 9.70. The fraction of sp³-hybridized carbons (Fsp3) is 0.586. The third kappa shape index (κ3) is 6.14. The van der Waals surface area contributed by atoms with E-state index in [1.165, 1.54) is 111 Å². The van der Waals surface area contributed by atoms with E-state index in [0.717, 1.165) is 0 Å². The maximum Gasteiger partial charge on any atom is 0.0711 e. The first-order chi connectivity index (χ1) is 15.1. The van der Waals surface area contributed by atoms with E-state index in [2.05, 4.69) is 76.4 Å². The van der Waals surface area contributed by atoms with Crippen molar-refractivity contribution < 1.29 is 0 Å². The topological polar surface area (TPSA) is 0 Å². The zero-order valence-electron chi connectivity index (χ0n) is 19.7. The Morgan fingerprint density at radius 1 is 0.645 bits per heavy atom. The van der Waals surface area contributed by atoms with Crippen molar-refractivity contribution in [3.8, 4) is 11.1 Å². The second-order valence-corrected chi connectivity index (χ2v) is 11.1. The van der Waals surface area contributed by atoms with Gasteiger partial charge in [-0.15, -0.1) is 0 Å². The number of fused-ring (bicyclic) bond motifs is 3. The van der Waals surface area contributed by atoms with Crippen LogP contribution in [0.25, 0.3) is 11.1 Å². The maximum absolute atomic E-state index is 3.84. The number of hydrogen-bond donors (Lipinski definition) is 0. The average molecular weight is 497 g/mol. The molecule has 3 radical (unpaired) electrons. The van der Waals surface area contributed by atoms with E-state index >= 15 is 0 Å². The molecule has 0 amide bonds. The molecule has 167 valence electrons. The fourth-order valence-corrected chi connectivity index (χ4v) is 6.13. The molecule has 0 saturated carbocycles. The normalized spacial score (nSPS) is 13.9. The van der Waals surface area contributed by atoms with E-state index in [4.69, 9.17) is 0 Å². The summed E-state index contributed by atoms with van der Waals surface area (Å²) < 4.78 is 1.22. The Labute approximate surface area is 203 Å². The molecule has 3 rings (SSSR count). The summed E-state index contributed by atoms with van der Waals surface area (Å²) in [5.74, 6) is 0. The molecule has 0 fully saturated rings. The Bertz CT molecular complexity index is 756. The van der Waals surface area contributed by atoms with Gasteiger partial charge in [0.05, 0.1) is 10.2 Å². The number of halogens is 1. The minimum absolute atomic E-state index is 0.173. The molecule has 1 aliphatic carbocycles. The standard InChI is InChI=1S/C29H40BrSi/c1-3-5-7-9-11-13-19-29(20-14-12-10-8-6-4-2)27-21-23(30)15-17-25(27)26-18-16-24(31)22-28(26)29/h15-18,21-22H,3-14,19-20H2,1-2H3. The van der Waals surface area contributed by atoms with E-state index in [1.54, 1.807) is 11.1 Å². The van der Waals surface area contributed by atoms with Crippen molar-refractivity contribution in [1.29, 1.82) is 0 Å². The van der Waals surface area contributed by atoms with E-state index < -0.39 is 0 Å². The van der Waals surface area contributed by atoms with Gasteiger partial charge in [0.25, 0.3) is 0 Å². The molecule has 0 spiro atoms. The summed E-state index contributed by atoms with van der Waals surface area (Å²) in [7, 11) is 3.84. The van der Waals surface area contributed by atoms with E-state index in [-0.39, 0.29) is 5.41 Å². The first-order valence-corrected chi connectivity index (χ1v) is 14.1. The third-order valence-electron chi connectivity index (χ3n) is 7.24. The summed E-state index contributed by atoms with van der Waals surface area (Å²) >= 11 is 3.79. The van der Waals surface area contributed by atoms with Crippen LogP contribution in [0.5, 0.6) is 0 Å². The Kier molecular flexibility index (Phi) is 9.91. The minimum atomic E-state index is 0.173. The van der Waals surface area contributed by atoms with Crippen LogP contribution in [0.2, 0.25) is 0 Å². The second kappa shape index (κ2) is 12.4. The SMILES string of the molecule is CCCCCCCCC1(CCCCCCCC)c2cc([Si])ccc2-c2ccc(Br)cc21. The average Bonchev–Trinajstić information content (AvgIpc) is 3.02. The summed E-state index contributed by atoms with van der Waals surface area (Å²) in [6.07, 6.45) is 18.9. The first kappa shape index (κ1) is 24.8. The van der Waals surface area contributed by atoms with Crippen LogP contribution in [0.4, 0.5) is 0 Å². The predicted octanol–water partition coefficient (Wildman–Crippen LogP) is 9.01. The van der Waals surface area contributed by atoms with Gasteiger partial charge in [0, 0.05) is 9.89 Å². The lowest BCUT2D eigenvalue weighted by molar-refractivity contribution is 0.398. The highest BCUT2D eigenvalue weighted by atomic mass is 79.9. The molecule has 0 aromatic heterocycles. The highest BCUT2D eigenvalue weighted by Crippen LogP contribution is 2.54. The zero-order valence-corrected chi connectivity index (χ0v) is 22.3. The molecule has 31 heavy (non-hydrogen) atoms. The Morgan fingerprint density at radius 3 is 1.71 bits per heavy atom. The van der Waals surface area contributed by atoms with Gasteiger partial charge in [-0.1, -0.05) is 136 Å². The van der Waals surface area contributed by atoms with Gasteiger partial charge in [0.15, 0.2) is 0 Å². The summed E-state index contributed by atoms with van der Waals surface area (Å²) in [4.78, 5) is 0. The molecule has 2 aromatic rings. The predicted molar refractivity (Wildman–Crippen MR) is 142 cm³/mol. The van der Waals surface area contributed by atoms with Gasteiger partial charge in [-0.2, -0.15) is 0 Å². The van der Waals surface area contributed by atoms with Crippen molar-refractivity contribution in [2.75, 3.05) is 0 Å². The van der Waals surface area contributed by atoms with Crippen molar-refractivity contribution >= 4 is 31.4 Å². The monoisotopic (exact) mass is 495 g/mol. The molecular formula is C29H40BrSi. The molecule has 0 heterocycles. The van der Waals surface area contributed by atoms with Crippen molar-refractivity contribution in [3.63, 3.8) is 0 Å². The number of unbranched alkanes of at least 4 members (excludes halogenated alkanes) is 10. The molecular weight excluding hydrogens is 456 g/mol. The van der Waals surface area contributed by atoms with Gasteiger partial charge in [-0.25, -0.2) is 0 Å². The molecule has 0 aliphatic heterocycles. The Hall–Kier alpha value is -0.863. The largest absolute Gasteiger partial charge is 0.0711 e. The molecule has 0 bridgehead atoms. The molecule has 0 N–H and O–H groups in total. The van der Waals surface area contributed by atoms with Crippen molar-refractivity contribution in [2.24, 2.45) is 0 Å². The van der Waals surface area contributed by atoms with Gasteiger partial charge >= 0.3 is 0 Å². The van der Waals surface area contributed by atoms with Crippen molar-refractivity contribution in [1.82, 2.24) is 0 Å². The van der Waals surface area contributed by atoms with Crippen LogP contribution in [0.1, 0.15) is 115 Å². The van der Waals surface area contributed by atoms with Crippen LogP contribution in [0.15, 0.2) is 40.9 Å². The van der Waals surface area contributed by atoms with Gasteiger partial charge < -0.3 is 0 Å². The summed E-state index contributed by atoms with van der Waals surface area (Å²) in [5.41, 5.74) is 6.22. The van der Waals surface area contributed by atoms with Crippen LogP contribution in [0, 0.1) is 0 Å². The quantitative estimate of drug-likeness (QED) is 0.181. The smallest absolute Gasteiger partial charge is 0.0670 e. The third-order valence-corrected chi connectivity index (χ3v) is 8.04. The van der Waals surface area contributed by atoms with Gasteiger partial charge in [-0.05, 0) is 47.2 Å². The molecule has 0 nitrogen and oxygen atoms in total. The molecule has 0 atom stereocenters. The van der Waals surface area contributed by atoms with Crippen LogP contribution in [0.3, 0.4) is 0 Å². The second-order valence-electron chi connectivity index (χ2n) is 9.57. The number of rotatable bonds is 14. The highest BCUT2D eigenvalue weighted by molar-refractivity contribution is 9.10. The summed E-state index contributed by atoms with van der Waals surface area (Å²) in [6.45, 7) is 4.61. The zero-order chi connectivity index (χ0) is 22.1. The van der Waals surface area contributed by atoms with E-state index in [1.807, 2.05) is 0 Å². The molecule has 1 aliphatic rings. The summed E-state index contributed by atoms with van der Waals surface area (Å²) in [5, 5.41) is 1.21. The van der Waals surface area contributed by atoms with E-state index in [9.17, 15) is 0 Å². The number of benzene rings is 2. The van der Waals surface area contributed by atoms with Crippen LogP contribution < -0.4 is 5.19 Å². The summed E-state index contributed by atoms with van der Waals surface area (Å²) in [6, 6.07) is 14.0. The first-order valence-electron chi connectivity index (χ1n) is 12.8. The lowest BCUT2D eigenvalue weighted by Crippen LogP contribution is -2.26. The maximum atomic E-state index is 3.84. The van der Waals surface area contributed by atoms with Crippen molar-refractivity contribution in [2.45, 2.75) is 109 Å². The molecule has 2 heteroatoms. The van der Waals surface area contributed by atoms with Gasteiger partial charge in [0.2, 0.25) is 0 Å². The van der Waals surface area contributed by atoms with Crippen LogP contribution >= 0.6 is 15.9 Å². The van der Waals surface area contributed by atoms with Gasteiger partial charge in [-0.3, -0.25) is 0 Å². The Balaban J connectivity index is 1.85. The lowest BCUT2D eigenvalue weighted by Gasteiger charge is -2.33. The highest BCUT2D eigenvalue weighted by Gasteiger charge is 2.42.